The molecule has 1 aliphatic carbocycles. The number of likely N-dealkylation sites (tertiary alicyclic amines) is 1. The van der Waals surface area contributed by atoms with E-state index < -0.39 is 48.9 Å². The van der Waals surface area contributed by atoms with Crippen molar-refractivity contribution in [1.82, 2.24) is 9.88 Å². The number of nitrogens with zero attached hydrogens (tertiary/aromatic N) is 2. The van der Waals surface area contributed by atoms with Crippen molar-refractivity contribution in [2.75, 3.05) is 7.11 Å². The third-order valence-electron chi connectivity index (χ3n) is 8.12. The zero-order chi connectivity index (χ0) is 28.4. The van der Waals surface area contributed by atoms with Gasteiger partial charge >= 0.3 is 13.2 Å². The number of amides is 3. The van der Waals surface area contributed by atoms with Crippen molar-refractivity contribution in [3.63, 3.8) is 0 Å². The number of phenolic OH excluding ortho intramolecular Hbond substituents is 1. The Kier molecular flexibility index (Phi) is 8.18. The van der Waals surface area contributed by atoms with Crippen LogP contribution < -0.4 is 0 Å². The SMILES string of the molecule is CCCC1=C2[C@@H](CC/C(=C/c3ccc(O)cc3)c3ccccn3)OB(O)C[C@@H]2[C@@H]2C(=O)N(C(=O)OC)C(=O)[C@@H]2C1. The lowest BCUT2D eigenvalue weighted by Crippen LogP contribution is -2.46. The molecule has 3 amide bonds. The Morgan fingerprint density at radius 2 is 1.95 bits per heavy atom. The molecule has 208 valence electrons. The van der Waals surface area contributed by atoms with Crippen LogP contribution in [0.2, 0.25) is 6.32 Å². The van der Waals surface area contributed by atoms with Crippen molar-refractivity contribution in [1.29, 1.82) is 0 Å². The number of benzene rings is 1. The highest BCUT2D eigenvalue weighted by molar-refractivity contribution is 6.43. The van der Waals surface area contributed by atoms with Gasteiger partial charge in [0.25, 0.3) is 0 Å². The van der Waals surface area contributed by atoms with Crippen LogP contribution in [0.1, 0.15) is 50.3 Å². The summed E-state index contributed by atoms with van der Waals surface area (Å²) in [7, 11) is 0.0470. The molecule has 1 aromatic heterocycles. The third kappa shape index (κ3) is 5.33. The number of hydrogen-bond acceptors (Lipinski definition) is 8. The molecule has 0 saturated carbocycles. The van der Waals surface area contributed by atoms with Crippen LogP contribution in [-0.4, -0.2) is 58.3 Å². The first-order valence-corrected chi connectivity index (χ1v) is 13.7. The van der Waals surface area contributed by atoms with Crippen LogP contribution in [0, 0.1) is 17.8 Å². The first kappa shape index (κ1) is 27.8. The highest BCUT2D eigenvalue weighted by Crippen LogP contribution is 2.51. The molecule has 0 unspecified atom stereocenters. The molecule has 40 heavy (non-hydrogen) atoms. The van der Waals surface area contributed by atoms with Crippen molar-refractivity contribution < 1.29 is 33.9 Å². The zero-order valence-electron chi connectivity index (χ0n) is 22.7. The Hall–Kier alpha value is -3.76. The molecular formula is C30H33BN2O7. The van der Waals surface area contributed by atoms with Gasteiger partial charge in [-0.2, -0.15) is 4.90 Å². The molecule has 4 atom stereocenters. The molecule has 0 spiro atoms. The largest absolute Gasteiger partial charge is 0.508 e. The summed E-state index contributed by atoms with van der Waals surface area (Å²) in [6.45, 7) is 2.06. The molecule has 2 N–H and O–H groups in total. The van der Waals surface area contributed by atoms with Gasteiger partial charge in [0.15, 0.2) is 0 Å². The maximum atomic E-state index is 13.4. The van der Waals surface area contributed by atoms with Gasteiger partial charge in [0.1, 0.15) is 5.75 Å². The summed E-state index contributed by atoms with van der Waals surface area (Å²) >= 11 is 0. The van der Waals surface area contributed by atoms with E-state index >= 15 is 0 Å². The van der Waals surface area contributed by atoms with Gasteiger partial charge in [0.2, 0.25) is 11.8 Å². The Labute approximate surface area is 233 Å². The van der Waals surface area contributed by atoms with E-state index in [1.54, 1.807) is 18.3 Å². The number of phenols is 1. The van der Waals surface area contributed by atoms with Gasteiger partial charge in [-0.15, -0.1) is 0 Å². The van der Waals surface area contributed by atoms with Gasteiger partial charge in [0.05, 0.1) is 30.7 Å². The molecule has 2 fully saturated rings. The summed E-state index contributed by atoms with van der Waals surface area (Å²) in [5.74, 6) is -2.68. The Morgan fingerprint density at radius 3 is 2.62 bits per heavy atom. The second-order valence-corrected chi connectivity index (χ2v) is 10.6. The number of fused-ring (bicyclic) bond motifs is 3. The second-order valence-electron chi connectivity index (χ2n) is 10.6. The molecule has 2 saturated heterocycles. The predicted molar refractivity (Wildman–Crippen MR) is 148 cm³/mol. The number of rotatable bonds is 7. The fourth-order valence-electron chi connectivity index (χ4n) is 6.46. The van der Waals surface area contributed by atoms with Crippen molar-refractivity contribution in [2.45, 2.75) is 51.5 Å². The molecular weight excluding hydrogens is 511 g/mol. The lowest BCUT2D eigenvalue weighted by Gasteiger charge is -2.43. The minimum atomic E-state index is -1.10. The molecule has 2 aromatic rings. The van der Waals surface area contributed by atoms with Crippen LogP contribution in [-0.2, 0) is 19.0 Å². The van der Waals surface area contributed by atoms with Crippen LogP contribution in [0.25, 0.3) is 11.6 Å². The fourth-order valence-corrected chi connectivity index (χ4v) is 6.46. The van der Waals surface area contributed by atoms with Gasteiger partial charge in [-0.3, -0.25) is 14.6 Å². The van der Waals surface area contributed by atoms with E-state index in [9.17, 15) is 24.5 Å². The van der Waals surface area contributed by atoms with Gasteiger partial charge in [0, 0.05) is 6.20 Å². The van der Waals surface area contributed by atoms with Gasteiger partial charge in [-0.25, -0.2) is 4.79 Å². The highest BCUT2D eigenvalue weighted by Gasteiger charge is 2.59. The average molecular weight is 544 g/mol. The lowest BCUT2D eigenvalue weighted by molar-refractivity contribution is -0.137. The summed E-state index contributed by atoms with van der Waals surface area (Å²) in [5, 5.41) is 20.5. The lowest BCUT2D eigenvalue weighted by atomic mass is 9.58. The molecule has 0 bridgehead atoms. The van der Waals surface area contributed by atoms with Gasteiger partial charge in [-0.05, 0) is 85.0 Å². The molecule has 5 rings (SSSR count). The van der Waals surface area contributed by atoms with Crippen LogP contribution >= 0.6 is 0 Å². The summed E-state index contributed by atoms with van der Waals surface area (Å²) in [6.07, 6.45) is 5.57. The molecule has 1 aromatic carbocycles. The van der Waals surface area contributed by atoms with Crippen molar-refractivity contribution in [3.8, 4) is 5.75 Å². The van der Waals surface area contributed by atoms with Crippen LogP contribution in [0.3, 0.4) is 0 Å². The average Bonchev–Trinajstić information content (AvgIpc) is 3.21. The number of aromatic hydroxyl groups is 1. The van der Waals surface area contributed by atoms with E-state index in [2.05, 4.69) is 11.9 Å². The number of carbonyl (C=O) groups is 3. The summed E-state index contributed by atoms with van der Waals surface area (Å²) in [6, 6.07) is 12.6. The third-order valence-corrected chi connectivity index (χ3v) is 8.12. The summed E-state index contributed by atoms with van der Waals surface area (Å²) in [5.41, 5.74) is 4.72. The molecule has 9 nitrogen and oxygen atoms in total. The number of pyridine rings is 1. The van der Waals surface area contributed by atoms with Gasteiger partial charge < -0.3 is 19.5 Å². The first-order valence-electron chi connectivity index (χ1n) is 13.7. The molecule has 10 heteroatoms. The predicted octanol–water partition coefficient (Wildman–Crippen LogP) is 4.47. The number of carbonyl (C=O) groups excluding carboxylic acids is 3. The van der Waals surface area contributed by atoms with Crippen molar-refractivity contribution >= 4 is 36.7 Å². The summed E-state index contributed by atoms with van der Waals surface area (Å²) < 4.78 is 10.8. The molecule has 3 heterocycles. The Balaban J connectivity index is 1.47. The summed E-state index contributed by atoms with van der Waals surface area (Å²) in [4.78, 5) is 44.0. The maximum absolute atomic E-state index is 13.4. The monoisotopic (exact) mass is 544 g/mol. The van der Waals surface area contributed by atoms with E-state index in [1.807, 2.05) is 36.4 Å². The van der Waals surface area contributed by atoms with Crippen LogP contribution in [0.5, 0.6) is 5.75 Å². The van der Waals surface area contributed by atoms with Crippen LogP contribution in [0.15, 0.2) is 59.8 Å². The normalized spacial score (nSPS) is 24.7. The van der Waals surface area contributed by atoms with E-state index in [-0.39, 0.29) is 12.1 Å². The topological polar surface area (TPSA) is 126 Å². The quantitative estimate of drug-likeness (QED) is 0.297. The standard InChI is InChI=1S/C30H33BN2O7/c1-3-6-20-16-22-27(29(36)33(28(22)35)30(37)39-2)23-17-31(38)40-25(26(20)23)13-10-19(24-7-4-5-14-32-24)15-18-8-11-21(34)12-9-18/h4-5,7-9,11-12,14-15,22-23,25,27,34,38H,3,6,10,13,16-17H2,1-2H3/b19-15-/t22-,23+,25-,27-/m1/s1. The zero-order valence-corrected chi connectivity index (χ0v) is 22.7. The minimum Gasteiger partial charge on any atom is -0.508 e. The van der Waals surface area contributed by atoms with E-state index in [0.29, 0.717) is 24.2 Å². The number of methoxy groups -OCH3 is 1. The number of ether oxygens (including phenoxy) is 1. The van der Waals surface area contributed by atoms with E-state index in [0.717, 1.165) is 47.9 Å². The van der Waals surface area contributed by atoms with E-state index in [1.165, 1.54) is 0 Å². The molecule has 0 radical (unpaired) electrons. The van der Waals surface area contributed by atoms with Crippen molar-refractivity contribution in [3.05, 3.63) is 71.1 Å². The number of allylic oxidation sites excluding steroid dienone is 2. The van der Waals surface area contributed by atoms with Gasteiger partial charge in [-0.1, -0.05) is 37.1 Å². The Bertz CT molecular complexity index is 1340. The minimum absolute atomic E-state index is 0.184. The first-order chi connectivity index (χ1) is 19.3. The molecule has 2 aliphatic heterocycles. The highest BCUT2D eigenvalue weighted by atomic mass is 16.5. The maximum Gasteiger partial charge on any atom is 0.455 e. The van der Waals surface area contributed by atoms with E-state index in [4.69, 9.17) is 9.39 Å². The smallest absolute Gasteiger partial charge is 0.455 e. The number of aromatic nitrogens is 1. The second kappa shape index (κ2) is 11.8. The Morgan fingerprint density at radius 1 is 1.18 bits per heavy atom. The van der Waals surface area contributed by atoms with Crippen LogP contribution in [0.4, 0.5) is 4.79 Å². The number of hydrogen-bond donors (Lipinski definition) is 2. The molecule has 3 aliphatic rings. The fraction of sp³-hybridized carbons (Fsp3) is 0.400. The number of imide groups is 3. The van der Waals surface area contributed by atoms with Crippen molar-refractivity contribution in [2.24, 2.45) is 17.8 Å².